The number of hydrogen-bond acceptors (Lipinski definition) is 6. The largest absolute Gasteiger partial charge is 0.462 e. The van der Waals surface area contributed by atoms with E-state index >= 15 is 0 Å². The van der Waals surface area contributed by atoms with Crippen molar-refractivity contribution in [2.45, 2.75) is 245 Å². The molecule has 6 nitrogen and oxygen atoms in total. The molecule has 0 aliphatic carbocycles. The average Bonchev–Trinajstić information content (AvgIpc) is 3.35. The van der Waals surface area contributed by atoms with Gasteiger partial charge in [0.1, 0.15) is 13.2 Å². The second-order valence-corrected chi connectivity index (χ2v) is 18.2. The van der Waals surface area contributed by atoms with Gasteiger partial charge in [-0.3, -0.25) is 14.4 Å². The second-order valence-electron chi connectivity index (χ2n) is 18.2. The smallest absolute Gasteiger partial charge is 0.306 e. The number of carbonyl (C=O) groups excluding carboxylic acids is 3. The number of unbranched alkanes of at least 4 members (excludes halogenated alkanes) is 21. The van der Waals surface area contributed by atoms with Crippen LogP contribution in [-0.4, -0.2) is 37.2 Å². The Kier molecular flexibility index (Phi) is 53.0. The normalized spacial score (nSPS) is 13.0. The quantitative estimate of drug-likeness (QED) is 0.0199. The molecule has 0 fully saturated rings. The molecule has 69 heavy (non-hydrogen) atoms. The first-order valence-electron chi connectivity index (χ1n) is 28.1. The molecule has 0 heterocycles. The van der Waals surface area contributed by atoms with E-state index in [1.54, 1.807) is 0 Å². The van der Waals surface area contributed by atoms with Crippen molar-refractivity contribution in [2.24, 2.45) is 0 Å². The summed E-state index contributed by atoms with van der Waals surface area (Å²) in [6.45, 7) is 6.40. The third-order valence-corrected chi connectivity index (χ3v) is 11.6. The molecule has 0 radical (unpaired) electrons. The molecule has 0 saturated carbocycles. The van der Waals surface area contributed by atoms with Gasteiger partial charge in [0, 0.05) is 19.3 Å². The fourth-order valence-corrected chi connectivity index (χ4v) is 7.36. The monoisotopic (exact) mass is 955 g/mol. The van der Waals surface area contributed by atoms with Crippen LogP contribution in [0.3, 0.4) is 0 Å². The zero-order valence-electron chi connectivity index (χ0n) is 44.5. The highest BCUT2D eigenvalue weighted by molar-refractivity contribution is 5.71. The molecule has 0 N–H and O–H groups in total. The van der Waals surface area contributed by atoms with Crippen LogP contribution in [0.25, 0.3) is 0 Å². The highest BCUT2D eigenvalue weighted by atomic mass is 16.6. The summed E-state index contributed by atoms with van der Waals surface area (Å²) >= 11 is 0. The average molecular weight is 956 g/mol. The van der Waals surface area contributed by atoms with Crippen LogP contribution in [0.5, 0.6) is 0 Å². The van der Waals surface area contributed by atoms with E-state index in [1.807, 2.05) is 6.08 Å². The van der Waals surface area contributed by atoms with Crippen LogP contribution < -0.4 is 0 Å². The first kappa shape index (κ1) is 64.8. The van der Waals surface area contributed by atoms with Gasteiger partial charge in [0.05, 0.1) is 0 Å². The molecule has 0 aromatic carbocycles. The van der Waals surface area contributed by atoms with E-state index in [0.717, 1.165) is 103 Å². The van der Waals surface area contributed by atoms with Crippen molar-refractivity contribution in [3.05, 3.63) is 122 Å². The van der Waals surface area contributed by atoms with Crippen LogP contribution in [0.4, 0.5) is 0 Å². The van der Waals surface area contributed by atoms with E-state index in [1.165, 1.54) is 89.9 Å². The van der Waals surface area contributed by atoms with Crippen molar-refractivity contribution < 1.29 is 28.6 Å². The lowest BCUT2D eigenvalue weighted by Gasteiger charge is -2.18. The van der Waals surface area contributed by atoms with Crippen molar-refractivity contribution >= 4 is 17.9 Å². The Hall–Kier alpha value is -4.19. The summed E-state index contributed by atoms with van der Waals surface area (Å²) in [5.74, 6) is -1.02. The minimum absolute atomic E-state index is 0.112. The Labute approximate surface area is 424 Å². The summed E-state index contributed by atoms with van der Waals surface area (Å²) in [6.07, 6.45) is 77.6. The Balaban J connectivity index is 4.57. The minimum atomic E-state index is -0.823. The van der Waals surface area contributed by atoms with Gasteiger partial charge in [0.2, 0.25) is 0 Å². The predicted octanol–water partition coefficient (Wildman–Crippen LogP) is 18.9. The molecule has 0 aromatic rings. The zero-order chi connectivity index (χ0) is 50.0. The van der Waals surface area contributed by atoms with E-state index in [2.05, 4.69) is 136 Å². The molecule has 0 spiro atoms. The molecule has 0 aromatic heterocycles. The third-order valence-electron chi connectivity index (χ3n) is 11.6. The molecule has 0 rings (SSSR count). The highest BCUT2D eigenvalue weighted by Gasteiger charge is 2.19. The zero-order valence-corrected chi connectivity index (χ0v) is 44.5. The summed E-state index contributed by atoms with van der Waals surface area (Å²) < 4.78 is 16.8. The van der Waals surface area contributed by atoms with Gasteiger partial charge in [0.25, 0.3) is 0 Å². The summed E-state index contributed by atoms with van der Waals surface area (Å²) in [5, 5.41) is 0. The molecule has 0 aliphatic rings. The molecule has 0 amide bonds. The summed E-state index contributed by atoms with van der Waals surface area (Å²) in [6, 6.07) is 0. The van der Waals surface area contributed by atoms with Gasteiger partial charge in [-0.05, 0) is 83.5 Å². The molecule has 6 heteroatoms. The number of hydrogen-bond donors (Lipinski definition) is 0. The van der Waals surface area contributed by atoms with Gasteiger partial charge in [0.15, 0.2) is 6.10 Å². The van der Waals surface area contributed by atoms with Crippen molar-refractivity contribution in [2.75, 3.05) is 13.2 Å². The van der Waals surface area contributed by atoms with Crippen molar-refractivity contribution in [1.82, 2.24) is 0 Å². The lowest BCUT2D eigenvalue weighted by atomic mass is 10.0. The number of allylic oxidation sites excluding steroid dienone is 20. The maximum atomic E-state index is 12.8. The van der Waals surface area contributed by atoms with Gasteiger partial charge in [-0.15, -0.1) is 0 Å². The van der Waals surface area contributed by atoms with E-state index in [9.17, 15) is 14.4 Å². The molecular formula is C63H102O6. The van der Waals surface area contributed by atoms with Crippen molar-refractivity contribution in [3.8, 4) is 0 Å². The first-order chi connectivity index (χ1) is 34.0. The number of rotatable bonds is 49. The van der Waals surface area contributed by atoms with Crippen LogP contribution in [0.15, 0.2) is 122 Å². The van der Waals surface area contributed by atoms with Crippen LogP contribution in [0.1, 0.15) is 239 Å². The first-order valence-corrected chi connectivity index (χ1v) is 28.1. The van der Waals surface area contributed by atoms with Crippen molar-refractivity contribution in [1.29, 1.82) is 0 Å². The molecule has 0 aliphatic heterocycles. The van der Waals surface area contributed by atoms with E-state index < -0.39 is 6.10 Å². The lowest BCUT2D eigenvalue weighted by Crippen LogP contribution is -2.30. The summed E-state index contributed by atoms with van der Waals surface area (Å²) in [5.41, 5.74) is 0. The van der Waals surface area contributed by atoms with Crippen LogP contribution in [0, 0.1) is 0 Å². The Morgan fingerprint density at radius 2 is 0.652 bits per heavy atom. The Morgan fingerprint density at radius 3 is 1.10 bits per heavy atom. The highest BCUT2D eigenvalue weighted by Crippen LogP contribution is 2.15. The fraction of sp³-hybridized carbons (Fsp3) is 0.635. The van der Waals surface area contributed by atoms with Gasteiger partial charge in [-0.25, -0.2) is 0 Å². The molecule has 390 valence electrons. The summed E-state index contributed by atoms with van der Waals surface area (Å²) in [4.78, 5) is 38.1. The Bertz CT molecular complexity index is 1470. The predicted molar refractivity (Wildman–Crippen MR) is 297 cm³/mol. The fourth-order valence-electron chi connectivity index (χ4n) is 7.36. The Morgan fingerprint density at radius 1 is 0.319 bits per heavy atom. The number of ether oxygens (including phenoxy) is 3. The van der Waals surface area contributed by atoms with Crippen molar-refractivity contribution in [3.63, 3.8) is 0 Å². The molecule has 0 bridgehead atoms. The van der Waals surface area contributed by atoms with Gasteiger partial charge in [-0.2, -0.15) is 0 Å². The van der Waals surface area contributed by atoms with Gasteiger partial charge in [-0.1, -0.05) is 258 Å². The van der Waals surface area contributed by atoms with E-state index in [4.69, 9.17) is 14.2 Å². The second kappa shape index (κ2) is 56.4. The van der Waals surface area contributed by atoms with Gasteiger partial charge < -0.3 is 14.2 Å². The minimum Gasteiger partial charge on any atom is -0.462 e. The SMILES string of the molecule is CC/C=C\C/C=C\C/C=C\C/C=C\C/C=C\C/C=C\CCC(=O)OCC(COC(=O)CCCCCCCCCCCCCCCC)OC(=O)CCCCCCC\C=C/C=C\C=C/C=C\CCCCC. The maximum absolute atomic E-state index is 12.8. The van der Waals surface area contributed by atoms with Gasteiger partial charge >= 0.3 is 17.9 Å². The number of carbonyl (C=O) groups is 3. The number of esters is 3. The summed E-state index contributed by atoms with van der Waals surface area (Å²) in [7, 11) is 0. The van der Waals surface area contributed by atoms with E-state index in [-0.39, 0.29) is 44.0 Å². The van der Waals surface area contributed by atoms with Crippen LogP contribution in [-0.2, 0) is 28.6 Å². The third kappa shape index (κ3) is 54.6. The molecule has 0 saturated heterocycles. The molecular weight excluding hydrogens is 853 g/mol. The van der Waals surface area contributed by atoms with Crippen LogP contribution >= 0.6 is 0 Å². The van der Waals surface area contributed by atoms with E-state index in [0.29, 0.717) is 12.8 Å². The standard InChI is InChI=1S/C63H102O6/c1-4-7-10-13-16-19-22-25-28-30-32-34-35-38-41-44-47-50-53-56-62(65)68-59-60(58-67-61(64)55-52-49-46-43-40-37-27-24-21-18-15-12-9-6-3)69-63(66)57-54-51-48-45-42-39-36-33-31-29-26-23-20-17-14-11-8-5-2/h7,10,16-17,19-20,23,25-26,28-29,31-34,36,38,41,47,50,60H,4-6,8-9,11-15,18,21-22,24,27,30,35,37,39-40,42-46,48-49,51-59H2,1-3H3/b10-7-,19-16-,20-17-,26-23-,28-25-,31-29-,34-32-,36-33-,41-38-,50-47-. The molecule has 1 atom stereocenters. The molecule has 1 unspecified atom stereocenters. The van der Waals surface area contributed by atoms with Crippen LogP contribution in [0.2, 0.25) is 0 Å². The lowest BCUT2D eigenvalue weighted by molar-refractivity contribution is -0.166. The topological polar surface area (TPSA) is 78.9 Å². The maximum Gasteiger partial charge on any atom is 0.306 e.